The predicted molar refractivity (Wildman–Crippen MR) is 80.0 cm³/mol. The molecule has 21 heavy (non-hydrogen) atoms. The van der Waals surface area contributed by atoms with Crippen molar-refractivity contribution in [2.75, 3.05) is 0 Å². The van der Waals surface area contributed by atoms with Crippen LogP contribution in [-0.2, 0) is 7.05 Å². The lowest BCUT2D eigenvalue weighted by atomic mass is 10.2. The number of carbonyl (C=O) groups excluding carboxylic acids is 1. The number of hydrogen-bond donors (Lipinski definition) is 1. The van der Waals surface area contributed by atoms with Gasteiger partial charge in [0.2, 0.25) is 0 Å². The summed E-state index contributed by atoms with van der Waals surface area (Å²) < 4.78 is 7.45. The van der Waals surface area contributed by atoms with Gasteiger partial charge in [-0.25, -0.2) is 0 Å². The molecule has 0 bridgehead atoms. The van der Waals surface area contributed by atoms with Crippen LogP contribution < -0.4 is 5.32 Å². The zero-order chi connectivity index (χ0) is 15.0. The number of nitrogens with zero attached hydrogens (tertiary/aromatic N) is 2. The van der Waals surface area contributed by atoms with Crippen molar-refractivity contribution in [2.45, 2.75) is 19.9 Å². The highest BCUT2D eigenvalue weighted by molar-refractivity contribution is 5.95. The molecular formula is C16H17N3O2. The fourth-order valence-corrected chi connectivity index (χ4v) is 2.28. The monoisotopic (exact) mass is 283 g/mol. The van der Waals surface area contributed by atoms with Crippen molar-refractivity contribution in [3.05, 3.63) is 53.5 Å². The molecule has 1 N–H and O–H groups in total. The molecule has 1 atom stereocenters. The fraction of sp³-hybridized carbons (Fsp3) is 0.250. The van der Waals surface area contributed by atoms with Gasteiger partial charge in [0, 0.05) is 18.1 Å². The van der Waals surface area contributed by atoms with E-state index in [1.807, 2.05) is 51.2 Å². The number of rotatable bonds is 3. The Bertz CT molecular complexity index is 768. The van der Waals surface area contributed by atoms with Gasteiger partial charge in [-0.2, -0.15) is 5.10 Å². The third-order valence-corrected chi connectivity index (χ3v) is 3.70. The number of aromatic nitrogens is 2. The molecule has 0 spiro atoms. The van der Waals surface area contributed by atoms with Gasteiger partial charge in [0.05, 0.1) is 17.8 Å². The van der Waals surface area contributed by atoms with E-state index in [-0.39, 0.29) is 11.9 Å². The molecule has 0 radical (unpaired) electrons. The first-order valence-electron chi connectivity index (χ1n) is 6.84. The van der Waals surface area contributed by atoms with Crippen LogP contribution in [0.15, 0.2) is 40.9 Å². The largest absolute Gasteiger partial charge is 0.459 e. The van der Waals surface area contributed by atoms with Crippen molar-refractivity contribution < 1.29 is 9.21 Å². The maximum absolute atomic E-state index is 12.3. The number of amides is 1. The summed E-state index contributed by atoms with van der Waals surface area (Å²) in [7, 11) is 1.81. The van der Waals surface area contributed by atoms with Crippen molar-refractivity contribution in [1.82, 2.24) is 15.1 Å². The van der Waals surface area contributed by atoms with E-state index in [0.717, 1.165) is 22.4 Å². The quantitative estimate of drug-likeness (QED) is 0.804. The minimum Gasteiger partial charge on any atom is -0.459 e. The second-order valence-electron chi connectivity index (χ2n) is 5.15. The molecule has 0 fully saturated rings. The third-order valence-electron chi connectivity index (χ3n) is 3.70. The molecule has 0 aliphatic rings. The van der Waals surface area contributed by atoms with Gasteiger partial charge < -0.3 is 9.73 Å². The van der Waals surface area contributed by atoms with Gasteiger partial charge in [-0.05, 0) is 26.0 Å². The van der Waals surface area contributed by atoms with Gasteiger partial charge in [0.25, 0.3) is 5.91 Å². The van der Waals surface area contributed by atoms with E-state index in [0.29, 0.717) is 5.56 Å². The van der Waals surface area contributed by atoms with Gasteiger partial charge in [-0.1, -0.05) is 18.2 Å². The Morgan fingerprint density at radius 3 is 2.81 bits per heavy atom. The first kappa shape index (κ1) is 13.4. The molecule has 0 unspecified atom stereocenters. The third kappa shape index (κ3) is 2.42. The molecule has 0 aliphatic carbocycles. The van der Waals surface area contributed by atoms with Crippen LogP contribution in [0.1, 0.15) is 34.8 Å². The average Bonchev–Trinajstić information content (AvgIpc) is 3.03. The topological polar surface area (TPSA) is 60.1 Å². The van der Waals surface area contributed by atoms with Crippen molar-refractivity contribution in [3.8, 4) is 0 Å². The SMILES string of the molecule is Cc1c(C(=O)N[C@@H](C)c2cc3ccccc3o2)cnn1C. The molecule has 5 nitrogen and oxygen atoms in total. The second kappa shape index (κ2) is 5.09. The molecule has 1 aromatic carbocycles. The summed E-state index contributed by atoms with van der Waals surface area (Å²) in [6.07, 6.45) is 1.58. The standard InChI is InChI=1S/C16H17N3O2/c1-10(15-8-12-6-4-5-7-14(12)21-15)18-16(20)13-9-17-19(3)11(13)2/h4-10H,1-3H3,(H,18,20)/t10-/m0/s1. The number of nitrogens with one attached hydrogen (secondary N) is 1. The molecule has 0 saturated carbocycles. The predicted octanol–water partition coefficient (Wildman–Crippen LogP) is 2.97. The summed E-state index contributed by atoms with van der Waals surface area (Å²) in [5, 5.41) is 8.06. The van der Waals surface area contributed by atoms with E-state index in [9.17, 15) is 4.79 Å². The highest BCUT2D eigenvalue weighted by Crippen LogP contribution is 2.23. The van der Waals surface area contributed by atoms with Crippen LogP contribution >= 0.6 is 0 Å². The first-order valence-corrected chi connectivity index (χ1v) is 6.84. The molecule has 2 aromatic heterocycles. The van der Waals surface area contributed by atoms with Gasteiger partial charge in [-0.15, -0.1) is 0 Å². The Morgan fingerprint density at radius 1 is 1.38 bits per heavy atom. The van der Waals surface area contributed by atoms with Crippen molar-refractivity contribution in [1.29, 1.82) is 0 Å². The Morgan fingerprint density at radius 2 is 2.14 bits per heavy atom. The molecule has 0 aliphatic heterocycles. The first-order chi connectivity index (χ1) is 10.1. The summed E-state index contributed by atoms with van der Waals surface area (Å²) in [6.45, 7) is 3.77. The van der Waals surface area contributed by atoms with E-state index in [1.54, 1.807) is 10.9 Å². The number of hydrogen-bond acceptors (Lipinski definition) is 3. The van der Waals surface area contributed by atoms with Crippen LogP contribution in [0.25, 0.3) is 11.0 Å². The van der Waals surface area contributed by atoms with E-state index < -0.39 is 0 Å². The molecule has 5 heteroatoms. The minimum atomic E-state index is -0.204. The van der Waals surface area contributed by atoms with Gasteiger partial charge >= 0.3 is 0 Å². The Hall–Kier alpha value is -2.56. The van der Waals surface area contributed by atoms with E-state index in [1.165, 1.54) is 0 Å². The second-order valence-corrected chi connectivity index (χ2v) is 5.15. The number of aryl methyl sites for hydroxylation is 1. The number of benzene rings is 1. The lowest BCUT2D eigenvalue weighted by Crippen LogP contribution is -2.26. The Kier molecular flexibility index (Phi) is 3.25. The normalized spacial score (nSPS) is 12.5. The molecule has 3 aromatic rings. The summed E-state index contributed by atoms with van der Waals surface area (Å²) >= 11 is 0. The van der Waals surface area contributed by atoms with E-state index >= 15 is 0 Å². The van der Waals surface area contributed by atoms with Gasteiger partial charge in [-0.3, -0.25) is 9.48 Å². The zero-order valence-corrected chi connectivity index (χ0v) is 12.3. The Balaban J connectivity index is 1.81. The zero-order valence-electron chi connectivity index (χ0n) is 12.3. The maximum Gasteiger partial charge on any atom is 0.255 e. The molecule has 0 saturated heterocycles. The summed E-state index contributed by atoms with van der Waals surface area (Å²) in [6, 6.07) is 9.54. The molecule has 1 amide bonds. The highest BCUT2D eigenvalue weighted by Gasteiger charge is 2.18. The molecule has 108 valence electrons. The number of para-hydroxylation sites is 1. The smallest absolute Gasteiger partial charge is 0.255 e. The van der Waals surface area contributed by atoms with Gasteiger partial charge in [0.1, 0.15) is 11.3 Å². The molecular weight excluding hydrogens is 266 g/mol. The van der Waals surface area contributed by atoms with Gasteiger partial charge in [0.15, 0.2) is 0 Å². The summed E-state index contributed by atoms with van der Waals surface area (Å²) in [5.41, 5.74) is 2.25. The number of carbonyl (C=O) groups is 1. The lowest BCUT2D eigenvalue weighted by molar-refractivity contribution is 0.0935. The highest BCUT2D eigenvalue weighted by atomic mass is 16.3. The average molecular weight is 283 g/mol. The number of furan rings is 1. The number of fused-ring (bicyclic) bond motifs is 1. The van der Waals surface area contributed by atoms with E-state index in [2.05, 4.69) is 10.4 Å². The van der Waals surface area contributed by atoms with Crippen LogP contribution in [0.5, 0.6) is 0 Å². The van der Waals surface area contributed by atoms with E-state index in [4.69, 9.17) is 4.42 Å². The summed E-state index contributed by atoms with van der Waals surface area (Å²) in [5.74, 6) is 0.597. The molecule has 2 heterocycles. The van der Waals surface area contributed by atoms with Crippen LogP contribution in [0.4, 0.5) is 0 Å². The minimum absolute atomic E-state index is 0.145. The fourth-order valence-electron chi connectivity index (χ4n) is 2.28. The maximum atomic E-state index is 12.3. The summed E-state index contributed by atoms with van der Waals surface area (Å²) in [4.78, 5) is 12.3. The van der Waals surface area contributed by atoms with Crippen molar-refractivity contribution in [3.63, 3.8) is 0 Å². The van der Waals surface area contributed by atoms with Crippen LogP contribution in [0.3, 0.4) is 0 Å². The van der Waals surface area contributed by atoms with Crippen LogP contribution in [0.2, 0.25) is 0 Å². The lowest BCUT2D eigenvalue weighted by Gasteiger charge is -2.11. The van der Waals surface area contributed by atoms with Crippen LogP contribution in [0, 0.1) is 6.92 Å². The molecule has 3 rings (SSSR count). The van der Waals surface area contributed by atoms with Crippen molar-refractivity contribution in [2.24, 2.45) is 7.05 Å². The Labute approximate surface area is 122 Å². The van der Waals surface area contributed by atoms with Crippen molar-refractivity contribution >= 4 is 16.9 Å². The van der Waals surface area contributed by atoms with Crippen LogP contribution in [-0.4, -0.2) is 15.7 Å².